The number of methoxy groups -OCH3 is 1. The van der Waals surface area contributed by atoms with Gasteiger partial charge in [-0.2, -0.15) is 0 Å². The van der Waals surface area contributed by atoms with E-state index in [2.05, 4.69) is 52.5 Å². The number of benzene rings is 2. The molecule has 1 aromatic heterocycles. The van der Waals surface area contributed by atoms with Crippen LogP contribution >= 0.6 is 0 Å². The number of fused-ring (bicyclic) bond motifs is 2. The molecule has 0 bridgehead atoms. The number of nitrogens with one attached hydrogen (secondary N) is 1. The zero-order chi connectivity index (χ0) is 21.5. The molecule has 3 aromatic rings. The number of ether oxygens (including phenoxy) is 1. The van der Waals surface area contributed by atoms with Crippen molar-refractivity contribution >= 4 is 22.4 Å². The van der Waals surface area contributed by atoms with E-state index in [-0.39, 0.29) is 17.9 Å². The molecule has 2 aliphatic rings. The highest BCUT2D eigenvalue weighted by molar-refractivity contribution is 5.99. The highest BCUT2D eigenvalue weighted by Crippen LogP contribution is 2.42. The van der Waals surface area contributed by atoms with Gasteiger partial charge in [0.05, 0.1) is 13.0 Å². The molecule has 0 saturated heterocycles. The first-order valence-corrected chi connectivity index (χ1v) is 11.0. The predicted octanol–water partition coefficient (Wildman–Crippen LogP) is 4.09. The van der Waals surface area contributed by atoms with Gasteiger partial charge in [0.25, 0.3) is 0 Å². The van der Waals surface area contributed by atoms with Crippen LogP contribution in [0.3, 0.4) is 0 Å². The largest absolute Gasteiger partial charge is 0.497 e. The lowest BCUT2D eigenvalue weighted by molar-refractivity contribution is -0.133. The minimum absolute atomic E-state index is 0.141. The fraction of sp³-hybridized carbons (Fsp3) is 0.346. The molecule has 0 saturated carbocycles. The number of hydrogen-bond donors (Lipinski definition) is 1. The van der Waals surface area contributed by atoms with Crippen LogP contribution in [0.1, 0.15) is 23.6 Å². The molecule has 5 rings (SSSR count). The Morgan fingerprint density at radius 1 is 1.26 bits per heavy atom. The Morgan fingerprint density at radius 2 is 2.10 bits per heavy atom. The van der Waals surface area contributed by atoms with Crippen LogP contribution < -0.4 is 4.74 Å². The predicted molar refractivity (Wildman–Crippen MR) is 124 cm³/mol. The molecule has 2 heterocycles. The monoisotopic (exact) mass is 415 g/mol. The van der Waals surface area contributed by atoms with Crippen LogP contribution in [-0.4, -0.2) is 54.0 Å². The molecule has 2 aromatic carbocycles. The zero-order valence-corrected chi connectivity index (χ0v) is 18.4. The molecular weight excluding hydrogens is 386 g/mol. The average Bonchev–Trinajstić information content (AvgIpc) is 3.22. The molecule has 0 radical (unpaired) electrons. The number of aromatic nitrogens is 1. The summed E-state index contributed by atoms with van der Waals surface area (Å²) in [4.78, 5) is 20.9. The number of H-pyrrole nitrogens is 1. The van der Waals surface area contributed by atoms with E-state index in [9.17, 15) is 4.79 Å². The van der Waals surface area contributed by atoms with Crippen molar-refractivity contribution < 1.29 is 9.53 Å². The summed E-state index contributed by atoms with van der Waals surface area (Å²) >= 11 is 0. The summed E-state index contributed by atoms with van der Waals surface area (Å²) < 4.78 is 5.44. The van der Waals surface area contributed by atoms with E-state index < -0.39 is 0 Å². The van der Waals surface area contributed by atoms with Gasteiger partial charge in [-0.3, -0.25) is 9.69 Å². The second-order valence-corrected chi connectivity index (χ2v) is 8.62. The van der Waals surface area contributed by atoms with Gasteiger partial charge in [-0.05, 0) is 53.8 Å². The van der Waals surface area contributed by atoms with Crippen molar-refractivity contribution in [1.29, 1.82) is 0 Å². The van der Waals surface area contributed by atoms with E-state index in [4.69, 9.17) is 4.74 Å². The van der Waals surface area contributed by atoms with Gasteiger partial charge >= 0.3 is 0 Å². The maximum Gasteiger partial charge on any atom is 0.230 e. The average molecular weight is 416 g/mol. The highest BCUT2D eigenvalue weighted by Gasteiger charge is 2.37. The lowest BCUT2D eigenvalue weighted by Crippen LogP contribution is -2.48. The molecule has 2 atom stereocenters. The molecular formula is C26H29N3O2. The third-order valence-corrected chi connectivity index (χ3v) is 6.81. The van der Waals surface area contributed by atoms with Gasteiger partial charge in [-0.15, -0.1) is 0 Å². The van der Waals surface area contributed by atoms with E-state index in [1.807, 2.05) is 31.0 Å². The maximum atomic E-state index is 13.2. The molecule has 5 heteroatoms. The summed E-state index contributed by atoms with van der Waals surface area (Å²) in [6.45, 7) is 4.26. The number of rotatable bonds is 5. The smallest absolute Gasteiger partial charge is 0.230 e. The number of aromatic amines is 1. The van der Waals surface area contributed by atoms with Crippen LogP contribution in [0, 0.1) is 5.92 Å². The summed E-state index contributed by atoms with van der Waals surface area (Å²) in [5, 5.41) is 1.31. The number of nitrogens with zero attached hydrogens (tertiary/aromatic N) is 2. The van der Waals surface area contributed by atoms with Gasteiger partial charge in [-0.25, -0.2) is 0 Å². The van der Waals surface area contributed by atoms with Gasteiger partial charge in [-0.1, -0.05) is 30.3 Å². The van der Waals surface area contributed by atoms with Crippen molar-refractivity contribution in [2.45, 2.75) is 25.9 Å². The van der Waals surface area contributed by atoms with Crippen molar-refractivity contribution in [3.05, 3.63) is 71.4 Å². The Balaban J connectivity index is 1.57. The number of carbonyl (C=O) groups excluding carboxylic acids is 1. The molecule has 1 amide bonds. The fourth-order valence-electron chi connectivity index (χ4n) is 5.10. The first kappa shape index (κ1) is 19.9. The Hall–Kier alpha value is -3.05. The summed E-state index contributed by atoms with van der Waals surface area (Å²) in [6.07, 6.45) is 5.35. The van der Waals surface area contributed by atoms with E-state index in [1.165, 1.54) is 33.2 Å². The molecule has 5 nitrogen and oxygen atoms in total. The number of carbonyl (C=O) groups is 1. The summed E-state index contributed by atoms with van der Waals surface area (Å²) in [5.74, 6) is 0.915. The van der Waals surface area contributed by atoms with Crippen LogP contribution in [0.15, 0.2) is 54.7 Å². The third-order valence-electron chi connectivity index (χ3n) is 6.81. The van der Waals surface area contributed by atoms with E-state index in [0.717, 1.165) is 31.8 Å². The van der Waals surface area contributed by atoms with Crippen molar-refractivity contribution in [2.24, 2.45) is 5.92 Å². The van der Waals surface area contributed by atoms with Crippen LogP contribution in [0.4, 0.5) is 0 Å². The molecule has 1 N–H and O–H groups in total. The SMILES string of the molecule is CCN(C)C(=O)[C@H]1C=C2c3cccc4[nH]cc(c34)C[C@H]2N(Cc2cccc(OC)c2)C1. The van der Waals surface area contributed by atoms with Gasteiger partial charge < -0.3 is 14.6 Å². The Bertz CT molecular complexity index is 1160. The third kappa shape index (κ3) is 3.43. The van der Waals surface area contributed by atoms with E-state index in [0.29, 0.717) is 0 Å². The van der Waals surface area contributed by atoms with Crippen LogP contribution in [0.2, 0.25) is 0 Å². The second-order valence-electron chi connectivity index (χ2n) is 8.62. The minimum Gasteiger partial charge on any atom is -0.497 e. The molecule has 0 unspecified atom stereocenters. The van der Waals surface area contributed by atoms with Crippen LogP contribution in [0.5, 0.6) is 5.75 Å². The fourth-order valence-corrected chi connectivity index (χ4v) is 5.10. The van der Waals surface area contributed by atoms with E-state index >= 15 is 0 Å². The summed E-state index contributed by atoms with van der Waals surface area (Å²) in [6, 6.07) is 15.0. The van der Waals surface area contributed by atoms with Crippen molar-refractivity contribution in [3.63, 3.8) is 0 Å². The number of amides is 1. The molecule has 0 spiro atoms. The van der Waals surface area contributed by atoms with Gasteiger partial charge in [0.2, 0.25) is 5.91 Å². The summed E-state index contributed by atoms with van der Waals surface area (Å²) in [7, 11) is 3.59. The Kier molecular flexibility index (Phi) is 5.06. The van der Waals surface area contributed by atoms with Gasteiger partial charge in [0.15, 0.2) is 0 Å². The maximum absolute atomic E-state index is 13.2. The van der Waals surface area contributed by atoms with Crippen molar-refractivity contribution in [3.8, 4) is 5.75 Å². The Morgan fingerprint density at radius 3 is 2.90 bits per heavy atom. The van der Waals surface area contributed by atoms with Gasteiger partial charge in [0.1, 0.15) is 5.75 Å². The van der Waals surface area contributed by atoms with E-state index in [1.54, 1.807) is 7.11 Å². The molecule has 31 heavy (non-hydrogen) atoms. The van der Waals surface area contributed by atoms with Gasteiger partial charge in [0, 0.05) is 49.8 Å². The quantitative estimate of drug-likeness (QED) is 0.683. The molecule has 1 aliphatic carbocycles. The lowest BCUT2D eigenvalue weighted by atomic mass is 9.79. The topological polar surface area (TPSA) is 48.6 Å². The van der Waals surface area contributed by atoms with Crippen LogP contribution in [0.25, 0.3) is 16.5 Å². The minimum atomic E-state index is -0.141. The first-order chi connectivity index (χ1) is 15.1. The molecule has 160 valence electrons. The summed E-state index contributed by atoms with van der Waals surface area (Å²) in [5.41, 5.74) is 6.28. The highest BCUT2D eigenvalue weighted by atomic mass is 16.5. The molecule has 0 fully saturated rings. The normalized spacial score (nSPS) is 20.3. The standard InChI is InChI=1S/C26H29N3O2/c1-4-28(2)26(30)19-12-22-21-9-6-10-23-25(21)18(14-27-23)13-24(22)29(16-19)15-17-7-5-8-20(11-17)31-3/h5-12,14,19,24,27H,4,13,15-16H2,1-3H3/t19-,24+/m0/s1. The zero-order valence-electron chi connectivity index (χ0n) is 18.4. The van der Waals surface area contributed by atoms with Crippen LogP contribution in [-0.2, 0) is 17.8 Å². The van der Waals surface area contributed by atoms with Crippen molar-refractivity contribution in [2.75, 3.05) is 27.2 Å². The first-order valence-electron chi connectivity index (χ1n) is 11.0. The second kappa shape index (κ2) is 7.89. The lowest BCUT2D eigenvalue weighted by Gasteiger charge is -2.42. The number of hydrogen-bond acceptors (Lipinski definition) is 3. The Labute approximate surface area is 183 Å². The molecule has 1 aliphatic heterocycles. The van der Waals surface area contributed by atoms with Crippen molar-refractivity contribution in [1.82, 2.24) is 14.8 Å².